The Morgan fingerprint density at radius 1 is 1.33 bits per heavy atom. The molecule has 2 rings (SSSR count). The van der Waals surface area contributed by atoms with Gasteiger partial charge in [-0.05, 0) is 25.7 Å². The van der Waals surface area contributed by atoms with Gasteiger partial charge in [0.05, 0.1) is 6.26 Å². The second kappa shape index (κ2) is 5.54. The number of carbonyl (C=O) groups is 1. The summed E-state index contributed by atoms with van der Waals surface area (Å²) in [5.41, 5.74) is 0. The molecule has 0 saturated carbocycles. The van der Waals surface area contributed by atoms with Crippen LogP contribution in [-0.4, -0.2) is 57.3 Å². The maximum Gasteiger partial charge on any atom is 0.251 e. The highest BCUT2D eigenvalue weighted by Gasteiger charge is 2.32. The maximum atomic E-state index is 12.1. The smallest absolute Gasteiger partial charge is 0.251 e. The van der Waals surface area contributed by atoms with Crippen molar-refractivity contribution < 1.29 is 17.9 Å². The third kappa shape index (κ3) is 3.66. The summed E-state index contributed by atoms with van der Waals surface area (Å²) in [5.74, 6) is 0.00695. The Labute approximate surface area is 108 Å². The van der Waals surface area contributed by atoms with Crippen molar-refractivity contribution in [2.75, 3.05) is 26.0 Å². The lowest BCUT2D eigenvalue weighted by molar-refractivity contribution is -0.142. The van der Waals surface area contributed by atoms with Gasteiger partial charge in [0.25, 0.3) is 5.91 Å². The first-order valence-corrected chi connectivity index (χ1v) is 8.22. The third-order valence-electron chi connectivity index (χ3n) is 3.32. The van der Waals surface area contributed by atoms with Gasteiger partial charge in [0, 0.05) is 25.7 Å². The molecule has 1 N–H and O–H groups in total. The summed E-state index contributed by atoms with van der Waals surface area (Å²) in [4.78, 5) is 13.9. The zero-order valence-electron chi connectivity index (χ0n) is 10.6. The van der Waals surface area contributed by atoms with Crippen LogP contribution < -0.4 is 4.72 Å². The lowest BCUT2D eigenvalue weighted by atomic mass is 10.1. The van der Waals surface area contributed by atoms with E-state index in [1.165, 1.54) is 0 Å². The lowest BCUT2D eigenvalue weighted by Gasteiger charge is -2.34. The molecule has 0 radical (unpaired) electrons. The van der Waals surface area contributed by atoms with Crippen molar-refractivity contribution in [3.63, 3.8) is 0 Å². The largest absolute Gasteiger partial charge is 0.368 e. The molecule has 18 heavy (non-hydrogen) atoms. The Hall–Kier alpha value is -0.660. The molecule has 2 saturated heterocycles. The van der Waals surface area contributed by atoms with Gasteiger partial charge in [-0.2, -0.15) is 0 Å². The number of nitrogens with one attached hydrogen (secondary N) is 1. The fourth-order valence-corrected chi connectivity index (χ4v) is 3.35. The third-order valence-corrected chi connectivity index (χ3v) is 4.08. The molecule has 6 nitrogen and oxygen atoms in total. The number of amides is 1. The topological polar surface area (TPSA) is 75.7 Å². The van der Waals surface area contributed by atoms with E-state index < -0.39 is 10.0 Å². The first-order chi connectivity index (χ1) is 8.46. The zero-order chi connectivity index (χ0) is 13.2. The Kier molecular flexibility index (Phi) is 4.24. The molecule has 2 aliphatic heterocycles. The fraction of sp³-hybridized carbons (Fsp3) is 0.909. The predicted molar refractivity (Wildman–Crippen MR) is 66.6 cm³/mol. The second-order valence-corrected chi connectivity index (χ2v) is 6.80. The summed E-state index contributed by atoms with van der Waals surface area (Å²) in [6, 6.07) is -0.167. The molecule has 0 aliphatic carbocycles. The van der Waals surface area contributed by atoms with E-state index in [2.05, 4.69) is 4.72 Å². The molecule has 1 amide bonds. The molecule has 2 heterocycles. The van der Waals surface area contributed by atoms with Crippen molar-refractivity contribution in [3.05, 3.63) is 0 Å². The second-order valence-electron chi connectivity index (χ2n) is 5.02. The van der Waals surface area contributed by atoms with Crippen molar-refractivity contribution >= 4 is 15.9 Å². The minimum atomic E-state index is -3.21. The van der Waals surface area contributed by atoms with E-state index in [1.54, 1.807) is 4.90 Å². The van der Waals surface area contributed by atoms with Crippen LogP contribution in [0, 0.1) is 0 Å². The Morgan fingerprint density at radius 2 is 2.11 bits per heavy atom. The van der Waals surface area contributed by atoms with Gasteiger partial charge in [0.2, 0.25) is 10.0 Å². The summed E-state index contributed by atoms with van der Waals surface area (Å²) < 4.78 is 30.3. The number of hydrogen-bond donors (Lipinski definition) is 1. The van der Waals surface area contributed by atoms with Crippen molar-refractivity contribution in [2.24, 2.45) is 0 Å². The van der Waals surface area contributed by atoms with Gasteiger partial charge < -0.3 is 9.64 Å². The first kappa shape index (κ1) is 13.8. The molecule has 0 aromatic rings. The van der Waals surface area contributed by atoms with Gasteiger partial charge in [0.1, 0.15) is 6.10 Å². The minimum absolute atomic E-state index is 0.00695. The molecular formula is C11H20N2O4S. The number of rotatable bonds is 3. The molecular weight excluding hydrogens is 256 g/mol. The van der Waals surface area contributed by atoms with E-state index in [0.717, 1.165) is 31.9 Å². The Balaban J connectivity index is 1.91. The maximum absolute atomic E-state index is 12.1. The van der Waals surface area contributed by atoms with Crippen LogP contribution in [-0.2, 0) is 19.6 Å². The number of ether oxygens (including phenoxy) is 1. The van der Waals surface area contributed by atoms with E-state index in [-0.39, 0.29) is 18.1 Å². The van der Waals surface area contributed by atoms with Crippen molar-refractivity contribution in [2.45, 2.75) is 37.8 Å². The summed E-state index contributed by atoms with van der Waals surface area (Å²) in [6.07, 6.45) is 4.14. The molecule has 7 heteroatoms. The summed E-state index contributed by atoms with van der Waals surface area (Å²) in [5, 5.41) is 0. The van der Waals surface area contributed by atoms with E-state index in [0.29, 0.717) is 19.7 Å². The number of carbonyl (C=O) groups excluding carboxylic acids is 1. The van der Waals surface area contributed by atoms with Crippen LogP contribution in [0.5, 0.6) is 0 Å². The lowest BCUT2D eigenvalue weighted by Crippen LogP contribution is -2.51. The number of likely N-dealkylation sites (tertiary alicyclic amines) is 1. The highest BCUT2D eigenvalue weighted by atomic mass is 32.2. The quantitative estimate of drug-likeness (QED) is 0.768. The van der Waals surface area contributed by atoms with Gasteiger partial charge in [-0.3, -0.25) is 4.79 Å². The molecule has 0 aromatic heterocycles. The van der Waals surface area contributed by atoms with Crippen LogP contribution >= 0.6 is 0 Å². The molecule has 2 fully saturated rings. The standard InChI is InChI=1S/C11H20N2O4S/c1-18(15,16)12-9-4-2-6-13(8-9)11(14)10-5-3-7-17-10/h9-10,12H,2-8H2,1H3. The van der Waals surface area contributed by atoms with Gasteiger partial charge in [-0.25, -0.2) is 13.1 Å². The fourth-order valence-electron chi connectivity index (χ4n) is 2.55. The van der Waals surface area contributed by atoms with Gasteiger partial charge in [-0.1, -0.05) is 0 Å². The van der Waals surface area contributed by atoms with Crippen LogP contribution in [0.3, 0.4) is 0 Å². The normalized spacial score (nSPS) is 29.5. The van der Waals surface area contributed by atoms with Crippen LogP contribution in [0.4, 0.5) is 0 Å². The summed E-state index contributed by atoms with van der Waals surface area (Å²) in [7, 11) is -3.21. The predicted octanol–water partition coefficient (Wildman–Crippen LogP) is -0.294. The highest BCUT2D eigenvalue weighted by molar-refractivity contribution is 7.88. The molecule has 0 spiro atoms. The van der Waals surface area contributed by atoms with E-state index in [1.807, 2.05) is 0 Å². The summed E-state index contributed by atoms with van der Waals surface area (Å²) in [6.45, 7) is 1.79. The van der Waals surface area contributed by atoms with Crippen LogP contribution in [0.25, 0.3) is 0 Å². The van der Waals surface area contributed by atoms with Gasteiger partial charge >= 0.3 is 0 Å². The van der Waals surface area contributed by atoms with Crippen LogP contribution in [0.1, 0.15) is 25.7 Å². The monoisotopic (exact) mass is 276 g/mol. The summed E-state index contributed by atoms with van der Waals surface area (Å²) >= 11 is 0. The van der Waals surface area contributed by atoms with Gasteiger partial charge in [0.15, 0.2) is 0 Å². The van der Waals surface area contributed by atoms with Crippen molar-refractivity contribution in [1.29, 1.82) is 0 Å². The molecule has 2 aliphatic rings. The number of hydrogen-bond acceptors (Lipinski definition) is 4. The van der Waals surface area contributed by atoms with Crippen LogP contribution in [0.2, 0.25) is 0 Å². The van der Waals surface area contributed by atoms with Crippen LogP contribution in [0.15, 0.2) is 0 Å². The average Bonchev–Trinajstić information content (AvgIpc) is 2.79. The molecule has 0 aromatic carbocycles. The van der Waals surface area contributed by atoms with Crippen molar-refractivity contribution in [3.8, 4) is 0 Å². The Morgan fingerprint density at radius 3 is 2.72 bits per heavy atom. The van der Waals surface area contributed by atoms with Gasteiger partial charge in [-0.15, -0.1) is 0 Å². The molecule has 104 valence electrons. The first-order valence-electron chi connectivity index (χ1n) is 6.33. The highest BCUT2D eigenvalue weighted by Crippen LogP contribution is 2.18. The Bertz CT molecular complexity index is 403. The van der Waals surface area contributed by atoms with E-state index >= 15 is 0 Å². The average molecular weight is 276 g/mol. The van der Waals surface area contributed by atoms with Crippen molar-refractivity contribution in [1.82, 2.24) is 9.62 Å². The number of sulfonamides is 1. The SMILES string of the molecule is CS(=O)(=O)NC1CCCN(C(=O)C2CCCO2)C1. The zero-order valence-corrected chi connectivity index (χ0v) is 11.4. The molecule has 2 atom stereocenters. The number of piperidine rings is 1. The van der Waals surface area contributed by atoms with E-state index in [9.17, 15) is 13.2 Å². The van der Waals surface area contributed by atoms with E-state index in [4.69, 9.17) is 4.74 Å². The number of nitrogens with zero attached hydrogens (tertiary/aromatic N) is 1. The molecule has 2 unspecified atom stereocenters. The minimum Gasteiger partial charge on any atom is -0.368 e. The molecule has 0 bridgehead atoms.